The Hall–Kier alpha value is -2.83. The fourth-order valence-corrected chi connectivity index (χ4v) is 2.55. The number of nitrogens with one attached hydrogen (secondary N) is 2. The van der Waals surface area contributed by atoms with E-state index < -0.39 is 11.7 Å². The van der Waals surface area contributed by atoms with Gasteiger partial charge in [-0.3, -0.25) is 9.59 Å². The van der Waals surface area contributed by atoms with Gasteiger partial charge in [-0.1, -0.05) is 6.58 Å². The molecule has 1 unspecified atom stereocenters. The average molecular weight is 373 g/mol. The summed E-state index contributed by atoms with van der Waals surface area (Å²) < 4.78 is 5.28. The zero-order valence-corrected chi connectivity index (χ0v) is 16.2. The standard InChI is InChI=1S/C20H27N3O4/c1-6-17(24)21-16-11-9-15(10-12-16)18(25)23(13(2)14-7-8-14)22-19(26)27-20(3,4)5/h6,9-14H,1,7-8H2,2-5H3,(H,21,24)(H,22,26). The van der Waals surface area contributed by atoms with E-state index in [9.17, 15) is 14.4 Å². The Morgan fingerprint density at radius 1 is 1.22 bits per heavy atom. The number of hydrogen-bond donors (Lipinski definition) is 2. The summed E-state index contributed by atoms with van der Waals surface area (Å²) in [6.45, 7) is 10.6. The van der Waals surface area contributed by atoms with E-state index in [2.05, 4.69) is 17.3 Å². The molecule has 146 valence electrons. The van der Waals surface area contributed by atoms with Crippen LogP contribution in [-0.4, -0.2) is 34.6 Å². The molecule has 27 heavy (non-hydrogen) atoms. The molecule has 1 aromatic rings. The quantitative estimate of drug-likeness (QED) is 0.611. The molecule has 0 aromatic heterocycles. The summed E-state index contributed by atoms with van der Waals surface area (Å²) >= 11 is 0. The van der Waals surface area contributed by atoms with Crippen molar-refractivity contribution in [2.75, 3.05) is 5.32 Å². The van der Waals surface area contributed by atoms with Gasteiger partial charge in [-0.15, -0.1) is 0 Å². The zero-order chi connectivity index (χ0) is 20.2. The maximum absolute atomic E-state index is 13.0. The third-order valence-electron chi connectivity index (χ3n) is 4.13. The first-order valence-electron chi connectivity index (χ1n) is 8.97. The third-order valence-corrected chi connectivity index (χ3v) is 4.13. The van der Waals surface area contributed by atoms with E-state index in [0.717, 1.165) is 12.8 Å². The Bertz CT molecular complexity index is 718. The minimum Gasteiger partial charge on any atom is -0.443 e. The van der Waals surface area contributed by atoms with E-state index in [1.54, 1.807) is 45.0 Å². The summed E-state index contributed by atoms with van der Waals surface area (Å²) in [6, 6.07) is 6.31. The van der Waals surface area contributed by atoms with Crippen LogP contribution in [-0.2, 0) is 9.53 Å². The Morgan fingerprint density at radius 2 is 1.81 bits per heavy atom. The van der Waals surface area contributed by atoms with Gasteiger partial charge in [-0.25, -0.2) is 15.2 Å². The van der Waals surface area contributed by atoms with Crippen LogP contribution in [0.4, 0.5) is 10.5 Å². The number of amides is 3. The Kier molecular flexibility index (Phi) is 6.25. The molecule has 1 saturated carbocycles. The summed E-state index contributed by atoms with van der Waals surface area (Å²) in [7, 11) is 0. The van der Waals surface area contributed by atoms with Crippen LogP contribution in [0, 0.1) is 5.92 Å². The van der Waals surface area contributed by atoms with Crippen molar-refractivity contribution in [2.24, 2.45) is 5.92 Å². The molecule has 0 bridgehead atoms. The molecule has 0 aliphatic heterocycles. The lowest BCUT2D eigenvalue weighted by atomic mass is 10.1. The monoisotopic (exact) mass is 373 g/mol. The van der Waals surface area contributed by atoms with Crippen molar-refractivity contribution < 1.29 is 19.1 Å². The maximum Gasteiger partial charge on any atom is 0.426 e. The second-order valence-electron chi connectivity index (χ2n) is 7.64. The molecule has 2 N–H and O–H groups in total. The molecule has 1 fully saturated rings. The van der Waals surface area contributed by atoms with Crippen molar-refractivity contribution in [2.45, 2.75) is 52.2 Å². The van der Waals surface area contributed by atoms with Crippen molar-refractivity contribution in [3.63, 3.8) is 0 Å². The van der Waals surface area contributed by atoms with E-state index >= 15 is 0 Å². The maximum atomic E-state index is 13.0. The van der Waals surface area contributed by atoms with Crippen molar-refractivity contribution in [1.82, 2.24) is 10.4 Å². The summed E-state index contributed by atoms with van der Waals surface area (Å²) in [5, 5.41) is 3.96. The summed E-state index contributed by atoms with van der Waals surface area (Å²) in [5.41, 5.74) is 2.88. The van der Waals surface area contributed by atoms with Crippen molar-refractivity contribution in [3.8, 4) is 0 Å². The van der Waals surface area contributed by atoms with E-state index in [4.69, 9.17) is 4.74 Å². The smallest absolute Gasteiger partial charge is 0.426 e. The molecule has 1 aliphatic carbocycles. The van der Waals surface area contributed by atoms with E-state index in [1.165, 1.54) is 11.1 Å². The number of hydrogen-bond acceptors (Lipinski definition) is 4. The topological polar surface area (TPSA) is 87.7 Å². The highest BCUT2D eigenvalue weighted by atomic mass is 16.6. The molecular formula is C20H27N3O4. The van der Waals surface area contributed by atoms with Crippen LogP contribution in [0.3, 0.4) is 0 Å². The Morgan fingerprint density at radius 3 is 2.30 bits per heavy atom. The van der Waals surface area contributed by atoms with Gasteiger partial charge in [0.25, 0.3) is 5.91 Å². The van der Waals surface area contributed by atoms with E-state index in [0.29, 0.717) is 17.2 Å². The van der Waals surface area contributed by atoms with E-state index in [-0.39, 0.29) is 17.9 Å². The fraction of sp³-hybridized carbons (Fsp3) is 0.450. The molecule has 2 rings (SSSR count). The predicted molar refractivity (Wildman–Crippen MR) is 103 cm³/mol. The average Bonchev–Trinajstić information content (AvgIpc) is 3.42. The van der Waals surface area contributed by atoms with Crippen molar-refractivity contribution >= 4 is 23.6 Å². The number of carbonyl (C=O) groups excluding carboxylic acids is 3. The van der Waals surface area contributed by atoms with E-state index in [1.807, 2.05) is 6.92 Å². The number of benzene rings is 1. The van der Waals surface area contributed by atoms with Crippen LogP contribution in [0.25, 0.3) is 0 Å². The van der Waals surface area contributed by atoms with Gasteiger partial charge >= 0.3 is 6.09 Å². The van der Waals surface area contributed by atoms with Crippen LogP contribution < -0.4 is 10.7 Å². The SMILES string of the molecule is C=CC(=O)Nc1ccc(C(=O)N(NC(=O)OC(C)(C)C)C(C)C2CC2)cc1. The first-order chi connectivity index (χ1) is 12.6. The molecular weight excluding hydrogens is 346 g/mol. The first-order valence-corrected chi connectivity index (χ1v) is 8.97. The fourth-order valence-electron chi connectivity index (χ4n) is 2.55. The first kappa shape index (κ1) is 20.5. The minimum atomic E-state index is -0.668. The van der Waals surface area contributed by atoms with Crippen molar-refractivity contribution in [1.29, 1.82) is 0 Å². The van der Waals surface area contributed by atoms with Crippen LogP contribution in [0.5, 0.6) is 0 Å². The summed E-state index contributed by atoms with van der Waals surface area (Å²) in [4.78, 5) is 36.5. The van der Waals surface area contributed by atoms with Crippen LogP contribution in [0.2, 0.25) is 0 Å². The number of rotatable bonds is 5. The van der Waals surface area contributed by atoms with Gasteiger partial charge in [0, 0.05) is 11.3 Å². The molecule has 0 spiro atoms. The number of ether oxygens (including phenoxy) is 1. The second kappa shape index (κ2) is 8.24. The lowest BCUT2D eigenvalue weighted by molar-refractivity contribution is -0.111. The highest BCUT2D eigenvalue weighted by Gasteiger charge is 2.36. The molecule has 0 saturated heterocycles. The summed E-state index contributed by atoms with van der Waals surface area (Å²) in [5.74, 6) is -0.304. The molecule has 0 radical (unpaired) electrons. The number of carbonyl (C=O) groups is 3. The molecule has 3 amide bonds. The number of nitrogens with zero attached hydrogens (tertiary/aromatic N) is 1. The van der Waals surface area contributed by atoms with Gasteiger partial charge in [-0.2, -0.15) is 0 Å². The number of anilines is 1. The second-order valence-corrected chi connectivity index (χ2v) is 7.64. The lowest BCUT2D eigenvalue weighted by Gasteiger charge is -2.31. The predicted octanol–water partition coefficient (Wildman–Crippen LogP) is 3.49. The minimum absolute atomic E-state index is 0.148. The molecule has 1 aromatic carbocycles. The van der Waals surface area contributed by atoms with Gasteiger partial charge < -0.3 is 10.1 Å². The van der Waals surface area contributed by atoms with Crippen LogP contribution >= 0.6 is 0 Å². The molecule has 1 aliphatic rings. The molecule has 7 heteroatoms. The number of hydrazine groups is 1. The lowest BCUT2D eigenvalue weighted by Crippen LogP contribution is -2.52. The molecule has 7 nitrogen and oxygen atoms in total. The van der Waals surface area contributed by atoms with Crippen molar-refractivity contribution in [3.05, 3.63) is 42.5 Å². The zero-order valence-electron chi connectivity index (χ0n) is 16.2. The Balaban J connectivity index is 2.14. The van der Waals surface area contributed by atoms with Gasteiger partial charge in [0.15, 0.2) is 0 Å². The molecule has 0 heterocycles. The van der Waals surface area contributed by atoms with Gasteiger partial charge in [0.05, 0.1) is 6.04 Å². The molecule has 1 atom stereocenters. The highest BCUT2D eigenvalue weighted by Crippen LogP contribution is 2.35. The van der Waals surface area contributed by atoms with Crippen LogP contribution in [0.1, 0.15) is 50.9 Å². The normalized spacial score (nSPS) is 14.7. The highest BCUT2D eigenvalue weighted by molar-refractivity contribution is 6.00. The summed E-state index contributed by atoms with van der Waals surface area (Å²) in [6.07, 6.45) is 2.54. The largest absolute Gasteiger partial charge is 0.443 e. The van der Waals surface area contributed by atoms with Gasteiger partial charge in [0.1, 0.15) is 5.60 Å². The van der Waals surface area contributed by atoms with Gasteiger partial charge in [-0.05, 0) is 76.8 Å². The third kappa shape index (κ3) is 6.13. The Labute approximate surface area is 159 Å². The van der Waals surface area contributed by atoms with Gasteiger partial charge in [0.2, 0.25) is 5.91 Å². The van der Waals surface area contributed by atoms with Crippen LogP contribution in [0.15, 0.2) is 36.9 Å².